The fraction of sp³-hybridized carbons (Fsp3) is 0.360. The Kier molecular flexibility index (Phi) is 10.9. The van der Waals surface area contributed by atoms with Gasteiger partial charge < -0.3 is 4.98 Å². The van der Waals surface area contributed by atoms with Crippen LogP contribution in [0.4, 0.5) is 0 Å². The molecule has 3 heteroatoms. The van der Waals surface area contributed by atoms with Gasteiger partial charge in [0.1, 0.15) is 0 Å². The Morgan fingerprint density at radius 3 is 1.77 bits per heavy atom. The number of benzene rings is 4. The Morgan fingerprint density at radius 1 is 0.547 bits per heavy atom. The third-order valence-electron chi connectivity index (χ3n) is 10.9. The van der Waals surface area contributed by atoms with Gasteiger partial charge in [0.05, 0.1) is 5.52 Å². The zero-order chi connectivity index (χ0) is 37.9. The summed E-state index contributed by atoms with van der Waals surface area (Å²) >= 11 is 0. The maximum atomic E-state index is 5.17. The van der Waals surface area contributed by atoms with E-state index in [1.165, 1.54) is 44.3 Å². The molecule has 2 aromatic heterocycles. The van der Waals surface area contributed by atoms with Gasteiger partial charge in [0, 0.05) is 31.7 Å². The van der Waals surface area contributed by atoms with Crippen LogP contribution in [-0.4, -0.2) is 9.97 Å². The van der Waals surface area contributed by atoms with Gasteiger partial charge in [-0.15, -0.1) is 70.3 Å². The smallest absolute Gasteiger partial charge is 0.0598 e. The van der Waals surface area contributed by atoms with E-state index in [4.69, 9.17) is 4.98 Å². The second kappa shape index (κ2) is 14.4. The molecular weight excluding hydrogens is 821 g/mol. The van der Waals surface area contributed by atoms with Crippen molar-refractivity contribution in [1.29, 1.82) is 0 Å². The Balaban J connectivity index is 0.000000223. The number of pyridine rings is 2. The molecule has 1 aliphatic rings. The summed E-state index contributed by atoms with van der Waals surface area (Å²) in [6, 6.07) is 41.6. The summed E-state index contributed by atoms with van der Waals surface area (Å²) in [6.07, 6.45) is 1.90. The minimum Gasteiger partial charge on any atom is -0.305 e. The summed E-state index contributed by atoms with van der Waals surface area (Å²) in [4.78, 5) is 9.68. The Morgan fingerprint density at radius 2 is 1.13 bits per heavy atom. The quantitative estimate of drug-likeness (QED) is 0.162. The number of nitrogens with zero attached hydrogens (tertiary/aromatic N) is 2. The molecule has 7 rings (SSSR count). The number of rotatable bonds is 2. The van der Waals surface area contributed by atoms with E-state index in [1.54, 1.807) is 0 Å². The summed E-state index contributed by atoms with van der Waals surface area (Å²) in [7, 11) is 0. The molecule has 0 unspecified atom stereocenters. The van der Waals surface area contributed by atoms with Gasteiger partial charge in [0.2, 0.25) is 0 Å². The number of hydrogen-bond acceptors (Lipinski definition) is 2. The van der Waals surface area contributed by atoms with Crippen LogP contribution in [0.25, 0.3) is 33.4 Å². The van der Waals surface area contributed by atoms with Gasteiger partial charge in [-0.25, -0.2) is 0 Å². The van der Waals surface area contributed by atoms with Crippen molar-refractivity contribution in [3.8, 4) is 22.5 Å². The van der Waals surface area contributed by atoms with Crippen LogP contribution in [-0.2, 0) is 47.2 Å². The number of para-hydroxylation sites is 1. The third kappa shape index (κ3) is 7.85. The standard InChI is InChI=1S/C31H32N.C19H24N.Ir/c1-29(2,3)25-19-27(32-26-18-11-8-13-20(25)26)21-14-12-17-24-28(21)31(6,7)23-16-10-9-15-22(23)30(24,4)5;1-18(2,3)15-9-7-8-14(12-15)17-13-16(10-11-20-17)19(4,5)6;/h8-13,15-19H,1-7H3;7,9-13H,1-6H3;/q2*-1;. The molecule has 2 nitrogen and oxygen atoms in total. The summed E-state index contributed by atoms with van der Waals surface area (Å²) in [5.74, 6) is 0. The molecule has 0 fully saturated rings. The van der Waals surface area contributed by atoms with E-state index in [-0.39, 0.29) is 47.2 Å². The predicted octanol–water partition coefficient (Wildman–Crippen LogP) is 13.1. The van der Waals surface area contributed by atoms with Crippen LogP contribution >= 0.6 is 0 Å². The fourth-order valence-corrected chi connectivity index (χ4v) is 7.77. The average molecular weight is 877 g/mol. The van der Waals surface area contributed by atoms with Crippen molar-refractivity contribution in [1.82, 2.24) is 9.97 Å². The van der Waals surface area contributed by atoms with Crippen molar-refractivity contribution in [3.05, 3.63) is 154 Å². The molecule has 277 valence electrons. The first-order valence-electron chi connectivity index (χ1n) is 18.8. The topological polar surface area (TPSA) is 25.8 Å². The van der Waals surface area contributed by atoms with Gasteiger partial charge in [-0.3, -0.25) is 4.98 Å². The van der Waals surface area contributed by atoms with E-state index < -0.39 is 0 Å². The van der Waals surface area contributed by atoms with Crippen molar-refractivity contribution < 1.29 is 20.1 Å². The first-order chi connectivity index (χ1) is 24.2. The van der Waals surface area contributed by atoms with E-state index in [0.717, 1.165) is 28.0 Å². The van der Waals surface area contributed by atoms with Crippen LogP contribution in [0, 0.1) is 12.1 Å². The zero-order valence-electron chi connectivity index (χ0n) is 34.0. The molecule has 0 aliphatic heterocycles. The maximum absolute atomic E-state index is 5.17. The Hall–Kier alpha value is -3.91. The molecular formula is C50H56IrN2-2. The van der Waals surface area contributed by atoms with Crippen molar-refractivity contribution in [3.63, 3.8) is 0 Å². The van der Waals surface area contributed by atoms with Crippen LogP contribution < -0.4 is 0 Å². The second-order valence-corrected chi connectivity index (χ2v) is 18.7. The van der Waals surface area contributed by atoms with Crippen LogP contribution in [0.3, 0.4) is 0 Å². The molecule has 0 spiro atoms. The number of hydrogen-bond donors (Lipinski definition) is 0. The molecule has 1 radical (unpaired) electrons. The minimum absolute atomic E-state index is 0. The second-order valence-electron chi connectivity index (χ2n) is 18.7. The van der Waals surface area contributed by atoms with Gasteiger partial charge in [0.25, 0.3) is 0 Å². The van der Waals surface area contributed by atoms with Crippen LogP contribution in [0.5, 0.6) is 0 Å². The fourth-order valence-electron chi connectivity index (χ4n) is 7.77. The molecule has 0 N–H and O–H groups in total. The summed E-state index contributed by atoms with van der Waals surface area (Å²) in [6.45, 7) is 29.6. The van der Waals surface area contributed by atoms with Crippen molar-refractivity contribution >= 4 is 10.9 Å². The summed E-state index contributed by atoms with van der Waals surface area (Å²) < 4.78 is 0. The average Bonchev–Trinajstić information content (AvgIpc) is 3.09. The zero-order valence-corrected chi connectivity index (χ0v) is 36.4. The van der Waals surface area contributed by atoms with Crippen LogP contribution in [0.1, 0.15) is 129 Å². The van der Waals surface area contributed by atoms with Crippen molar-refractivity contribution in [2.75, 3.05) is 0 Å². The van der Waals surface area contributed by atoms with Crippen LogP contribution in [0.15, 0.2) is 103 Å². The largest absolute Gasteiger partial charge is 0.305 e. The van der Waals surface area contributed by atoms with E-state index >= 15 is 0 Å². The van der Waals surface area contributed by atoms with E-state index in [0.29, 0.717) is 0 Å². The summed E-state index contributed by atoms with van der Waals surface area (Å²) in [5, 5.41) is 1.23. The van der Waals surface area contributed by atoms with Crippen molar-refractivity contribution in [2.45, 2.75) is 117 Å². The SMILES string of the molecule is CC(C)(C)c1cc(-c2[c-]ccc3c2C(C)(C)c2ccccc2C3(C)C)nc2ccccc12.CC(C)(C)c1cc[c-]c(-c2cc(C(C)(C)C)ccn2)c1.[Ir]. The first kappa shape index (κ1) is 40.3. The molecule has 4 aromatic carbocycles. The Labute approximate surface area is 333 Å². The molecule has 6 aromatic rings. The Bertz CT molecular complexity index is 2200. The van der Waals surface area contributed by atoms with Gasteiger partial charge >= 0.3 is 0 Å². The predicted molar refractivity (Wildman–Crippen MR) is 221 cm³/mol. The molecule has 0 bridgehead atoms. The number of aromatic nitrogens is 2. The van der Waals surface area contributed by atoms with Gasteiger partial charge in [-0.2, -0.15) is 0 Å². The molecule has 1 aliphatic carbocycles. The molecule has 0 saturated carbocycles. The normalized spacial score (nSPS) is 14.7. The maximum Gasteiger partial charge on any atom is 0.0598 e. The molecule has 0 saturated heterocycles. The molecule has 2 heterocycles. The van der Waals surface area contributed by atoms with Gasteiger partial charge in [-0.05, 0) is 72.8 Å². The molecule has 0 amide bonds. The first-order valence-corrected chi connectivity index (χ1v) is 18.8. The third-order valence-corrected chi connectivity index (χ3v) is 10.9. The van der Waals surface area contributed by atoms with Crippen LogP contribution in [0.2, 0.25) is 0 Å². The van der Waals surface area contributed by atoms with Gasteiger partial charge in [-0.1, -0.05) is 145 Å². The van der Waals surface area contributed by atoms with E-state index in [2.05, 4.69) is 198 Å². The molecule has 53 heavy (non-hydrogen) atoms. The van der Waals surface area contributed by atoms with E-state index in [1.807, 2.05) is 12.3 Å². The molecule has 0 atom stereocenters. The van der Waals surface area contributed by atoms with E-state index in [9.17, 15) is 0 Å². The summed E-state index contributed by atoms with van der Waals surface area (Å²) in [5.41, 5.74) is 14.9. The van der Waals surface area contributed by atoms with Crippen molar-refractivity contribution in [2.24, 2.45) is 0 Å². The van der Waals surface area contributed by atoms with Gasteiger partial charge in [0.15, 0.2) is 0 Å². The monoisotopic (exact) mass is 877 g/mol. The number of fused-ring (bicyclic) bond motifs is 3. The minimum atomic E-state index is -0.135.